The summed E-state index contributed by atoms with van der Waals surface area (Å²) in [6, 6.07) is 0. The Labute approximate surface area is 78.1 Å². The van der Waals surface area contributed by atoms with E-state index in [1.54, 1.807) is 13.8 Å². The van der Waals surface area contributed by atoms with Crippen LogP contribution in [-0.4, -0.2) is 25.3 Å². The molecule has 2 N–H and O–H groups in total. The third-order valence-corrected chi connectivity index (χ3v) is 3.29. The summed E-state index contributed by atoms with van der Waals surface area (Å²) in [5, 5.41) is 0. The van der Waals surface area contributed by atoms with Crippen molar-refractivity contribution in [2.45, 2.75) is 20.3 Å². The van der Waals surface area contributed by atoms with Crippen molar-refractivity contribution in [3.05, 3.63) is 0 Å². The quantitative estimate of drug-likeness (QED) is 0.636. The van der Waals surface area contributed by atoms with Gasteiger partial charge in [-0.05, 0) is 20.4 Å². The van der Waals surface area contributed by atoms with Crippen LogP contribution in [0.15, 0.2) is 0 Å². The third-order valence-electron chi connectivity index (χ3n) is 1.26. The molecule has 0 aromatic carbocycles. The van der Waals surface area contributed by atoms with Crippen LogP contribution in [0, 0.1) is 0 Å². The molecule has 0 aromatic heterocycles. The highest BCUT2D eigenvalue weighted by atomic mass is 31.2. The zero-order valence-electron chi connectivity index (χ0n) is 7.99. The van der Waals surface area contributed by atoms with Crippen LogP contribution < -0.4 is 5.73 Å². The van der Waals surface area contributed by atoms with E-state index in [0.29, 0.717) is 0 Å². The van der Waals surface area contributed by atoms with Gasteiger partial charge in [-0.2, -0.15) is 0 Å². The predicted octanol–water partition coefficient (Wildman–Crippen LogP) is 1.13. The molecule has 0 aliphatic rings. The summed E-state index contributed by atoms with van der Waals surface area (Å²) >= 11 is 0. The lowest BCUT2D eigenvalue weighted by Gasteiger charge is -2.14. The molecule has 0 aliphatic heterocycles. The van der Waals surface area contributed by atoms with Gasteiger partial charge in [-0.1, -0.05) is 0 Å². The van der Waals surface area contributed by atoms with Crippen LogP contribution in [0.1, 0.15) is 20.3 Å². The highest BCUT2D eigenvalue weighted by Crippen LogP contribution is 2.49. The molecular formula is C7H16NO4P. The average Bonchev–Trinajstić information content (AvgIpc) is 2.05. The highest BCUT2D eigenvalue weighted by molar-refractivity contribution is 7.71. The Hall–Kier alpha value is -0.220. The summed E-state index contributed by atoms with van der Waals surface area (Å²) in [5.74, 6) is 0. The Morgan fingerprint density at radius 2 is 1.77 bits per heavy atom. The van der Waals surface area contributed by atoms with E-state index in [1.807, 2.05) is 0 Å². The van der Waals surface area contributed by atoms with Gasteiger partial charge in [0.05, 0.1) is 13.2 Å². The standard InChI is InChI=1S/C7H16NO4P/c1-3-11-13(10,12-4-2)7(9)5-6-8/h3-6,8H2,1-2H3. The van der Waals surface area contributed by atoms with Crippen molar-refractivity contribution in [3.63, 3.8) is 0 Å². The van der Waals surface area contributed by atoms with Crippen LogP contribution >= 0.6 is 7.60 Å². The molecule has 5 nitrogen and oxygen atoms in total. The van der Waals surface area contributed by atoms with Crippen molar-refractivity contribution in [2.75, 3.05) is 19.8 Å². The molecule has 0 saturated carbocycles. The smallest absolute Gasteiger partial charge is 0.330 e. The molecule has 0 fully saturated rings. The van der Waals surface area contributed by atoms with E-state index in [4.69, 9.17) is 14.8 Å². The van der Waals surface area contributed by atoms with Gasteiger partial charge in [0, 0.05) is 6.42 Å². The topological polar surface area (TPSA) is 78.6 Å². The minimum Gasteiger partial charge on any atom is -0.330 e. The minimum atomic E-state index is -3.55. The van der Waals surface area contributed by atoms with E-state index in [2.05, 4.69) is 0 Å². The minimum absolute atomic E-state index is 0.0251. The fraction of sp³-hybridized carbons (Fsp3) is 0.857. The molecule has 6 heteroatoms. The van der Waals surface area contributed by atoms with Crippen LogP contribution in [-0.2, 0) is 18.4 Å². The Morgan fingerprint density at radius 3 is 2.08 bits per heavy atom. The van der Waals surface area contributed by atoms with Crippen LogP contribution in [0.3, 0.4) is 0 Å². The largest absolute Gasteiger partial charge is 0.396 e. The van der Waals surface area contributed by atoms with Gasteiger partial charge in [0.15, 0.2) is 0 Å². The number of nitrogens with two attached hydrogens (primary N) is 1. The first-order chi connectivity index (χ1) is 6.10. The van der Waals surface area contributed by atoms with Gasteiger partial charge < -0.3 is 14.8 Å². The first-order valence-corrected chi connectivity index (χ1v) is 5.77. The molecule has 13 heavy (non-hydrogen) atoms. The summed E-state index contributed by atoms with van der Waals surface area (Å²) in [6.45, 7) is 3.84. The van der Waals surface area contributed by atoms with E-state index < -0.39 is 13.1 Å². The van der Waals surface area contributed by atoms with Crippen molar-refractivity contribution in [1.82, 2.24) is 0 Å². The van der Waals surface area contributed by atoms with Crippen LogP contribution in [0.4, 0.5) is 0 Å². The lowest BCUT2D eigenvalue weighted by molar-refractivity contribution is -0.113. The average molecular weight is 209 g/mol. The Kier molecular flexibility index (Phi) is 6.16. The van der Waals surface area contributed by atoms with E-state index >= 15 is 0 Å². The number of hydrogen-bond acceptors (Lipinski definition) is 5. The van der Waals surface area contributed by atoms with Gasteiger partial charge in [0.1, 0.15) is 0 Å². The van der Waals surface area contributed by atoms with Crippen molar-refractivity contribution >= 4 is 13.1 Å². The van der Waals surface area contributed by atoms with E-state index in [1.165, 1.54) is 0 Å². The predicted molar refractivity (Wildman–Crippen MR) is 49.5 cm³/mol. The second kappa shape index (κ2) is 6.27. The summed E-state index contributed by atoms with van der Waals surface area (Å²) in [5.41, 5.74) is 4.62. The van der Waals surface area contributed by atoms with Gasteiger partial charge in [-0.3, -0.25) is 9.36 Å². The normalized spacial score (nSPS) is 11.6. The number of rotatable bonds is 7. The van der Waals surface area contributed by atoms with Gasteiger partial charge >= 0.3 is 7.60 Å². The molecule has 78 valence electrons. The number of carbonyl (C=O) groups is 1. The summed E-state index contributed by atoms with van der Waals surface area (Å²) in [4.78, 5) is 11.3. The maximum Gasteiger partial charge on any atom is 0.396 e. The monoisotopic (exact) mass is 209 g/mol. The highest BCUT2D eigenvalue weighted by Gasteiger charge is 2.32. The van der Waals surface area contributed by atoms with Crippen LogP contribution in [0.2, 0.25) is 0 Å². The molecule has 0 heterocycles. The maximum absolute atomic E-state index is 11.7. The molecule has 0 unspecified atom stereocenters. The molecule has 0 saturated heterocycles. The third kappa shape index (κ3) is 4.00. The zero-order valence-corrected chi connectivity index (χ0v) is 8.88. The molecule has 0 radical (unpaired) electrons. The van der Waals surface area contributed by atoms with Crippen LogP contribution in [0.5, 0.6) is 0 Å². The van der Waals surface area contributed by atoms with E-state index in [9.17, 15) is 9.36 Å². The zero-order chi connectivity index (χ0) is 10.3. The van der Waals surface area contributed by atoms with Crippen molar-refractivity contribution in [2.24, 2.45) is 5.73 Å². The maximum atomic E-state index is 11.7. The summed E-state index contributed by atoms with van der Waals surface area (Å²) in [6.07, 6.45) is 0.0251. The SMILES string of the molecule is CCOP(=O)(OCC)C(=O)CCN. The van der Waals surface area contributed by atoms with Crippen molar-refractivity contribution < 1.29 is 18.4 Å². The second-order valence-electron chi connectivity index (χ2n) is 2.27. The lowest BCUT2D eigenvalue weighted by atomic mass is 10.5. The molecule has 0 rings (SSSR count). The van der Waals surface area contributed by atoms with E-state index in [-0.39, 0.29) is 26.2 Å². The van der Waals surface area contributed by atoms with Crippen molar-refractivity contribution in [1.29, 1.82) is 0 Å². The van der Waals surface area contributed by atoms with Gasteiger partial charge in [0.2, 0.25) is 5.52 Å². The van der Waals surface area contributed by atoms with Gasteiger partial charge in [0.25, 0.3) is 0 Å². The number of hydrogen-bond donors (Lipinski definition) is 1. The summed E-state index contributed by atoms with van der Waals surface area (Å²) < 4.78 is 21.3. The number of carbonyl (C=O) groups excluding carboxylic acids is 1. The molecule has 0 amide bonds. The Bertz CT molecular complexity index is 197. The fourth-order valence-corrected chi connectivity index (χ4v) is 2.23. The first-order valence-electron chi connectivity index (χ1n) is 4.23. The summed E-state index contributed by atoms with van der Waals surface area (Å²) in [7, 11) is -3.55. The Morgan fingerprint density at radius 1 is 1.31 bits per heavy atom. The van der Waals surface area contributed by atoms with Gasteiger partial charge in [-0.15, -0.1) is 0 Å². The van der Waals surface area contributed by atoms with Gasteiger partial charge in [-0.25, -0.2) is 0 Å². The molecule has 0 spiro atoms. The molecule has 0 aromatic rings. The molecule has 0 bridgehead atoms. The molecular weight excluding hydrogens is 193 g/mol. The molecule has 0 atom stereocenters. The van der Waals surface area contributed by atoms with E-state index in [0.717, 1.165) is 0 Å². The Balaban J connectivity index is 4.38. The fourth-order valence-electron chi connectivity index (χ4n) is 0.782. The second-order valence-corrected chi connectivity index (χ2v) is 4.28. The molecule has 0 aliphatic carbocycles. The van der Waals surface area contributed by atoms with Crippen molar-refractivity contribution in [3.8, 4) is 0 Å². The lowest BCUT2D eigenvalue weighted by Crippen LogP contribution is -2.12. The van der Waals surface area contributed by atoms with Crippen LogP contribution in [0.25, 0.3) is 0 Å². The first kappa shape index (κ1) is 12.8.